The molecule has 0 aliphatic heterocycles. The molecular formula is C16H17FN2O. The number of hydrogen-bond acceptors (Lipinski definition) is 2. The first-order chi connectivity index (χ1) is 9.36. The van der Waals surface area contributed by atoms with E-state index in [-0.39, 0.29) is 5.91 Å². The summed E-state index contributed by atoms with van der Waals surface area (Å²) < 4.78 is 13.3. The Morgan fingerprint density at radius 3 is 2.20 bits per heavy atom. The van der Waals surface area contributed by atoms with E-state index in [2.05, 4.69) is 5.32 Å². The summed E-state index contributed by atoms with van der Waals surface area (Å²) >= 11 is 0. The van der Waals surface area contributed by atoms with Gasteiger partial charge >= 0.3 is 0 Å². The molecule has 20 heavy (non-hydrogen) atoms. The fourth-order valence-electron chi connectivity index (χ4n) is 2.25. The Balaban J connectivity index is 2.32. The Morgan fingerprint density at radius 1 is 1.05 bits per heavy atom. The number of nitrogen functional groups attached to an aromatic ring is 1. The van der Waals surface area contributed by atoms with Gasteiger partial charge in [-0.1, -0.05) is 0 Å². The number of nitrogens with two attached hydrogens (primary N) is 1. The highest BCUT2D eigenvalue weighted by molar-refractivity contribution is 6.05. The number of hydrogen-bond donors (Lipinski definition) is 2. The van der Waals surface area contributed by atoms with E-state index in [1.54, 1.807) is 25.1 Å². The topological polar surface area (TPSA) is 55.1 Å². The van der Waals surface area contributed by atoms with Crippen molar-refractivity contribution in [2.24, 2.45) is 0 Å². The van der Waals surface area contributed by atoms with Crippen LogP contribution in [-0.2, 0) is 0 Å². The number of halogens is 1. The standard InChI is InChI=1S/C16H17FN2O/c1-9-4-12(8-13(17)5-9)16(20)19-15-10(2)6-14(18)7-11(15)3/h4-8H,18H2,1-3H3,(H,19,20). The highest BCUT2D eigenvalue weighted by Crippen LogP contribution is 2.24. The molecule has 0 saturated heterocycles. The minimum atomic E-state index is -0.416. The Hall–Kier alpha value is -2.36. The van der Waals surface area contributed by atoms with E-state index < -0.39 is 5.82 Å². The molecule has 0 heterocycles. The van der Waals surface area contributed by atoms with Crippen LogP contribution in [0.4, 0.5) is 15.8 Å². The zero-order valence-electron chi connectivity index (χ0n) is 11.8. The third kappa shape index (κ3) is 2.96. The van der Waals surface area contributed by atoms with Crippen molar-refractivity contribution in [1.82, 2.24) is 0 Å². The van der Waals surface area contributed by atoms with Gasteiger partial charge in [-0.15, -0.1) is 0 Å². The van der Waals surface area contributed by atoms with E-state index in [1.165, 1.54) is 12.1 Å². The average Bonchev–Trinajstić information content (AvgIpc) is 2.32. The van der Waals surface area contributed by atoms with Crippen LogP contribution in [0, 0.1) is 26.6 Å². The fraction of sp³-hybridized carbons (Fsp3) is 0.188. The summed E-state index contributed by atoms with van der Waals surface area (Å²) in [7, 11) is 0. The van der Waals surface area contributed by atoms with Gasteiger partial charge in [0.2, 0.25) is 0 Å². The number of nitrogens with one attached hydrogen (secondary N) is 1. The second-order valence-corrected chi connectivity index (χ2v) is 5.00. The first-order valence-electron chi connectivity index (χ1n) is 6.32. The van der Waals surface area contributed by atoms with Crippen molar-refractivity contribution in [1.29, 1.82) is 0 Å². The molecule has 0 aliphatic rings. The minimum Gasteiger partial charge on any atom is -0.399 e. The van der Waals surface area contributed by atoms with E-state index in [1.807, 2.05) is 13.8 Å². The van der Waals surface area contributed by atoms with E-state index in [9.17, 15) is 9.18 Å². The molecule has 0 unspecified atom stereocenters. The van der Waals surface area contributed by atoms with Crippen molar-refractivity contribution in [2.45, 2.75) is 20.8 Å². The number of amides is 1. The fourth-order valence-corrected chi connectivity index (χ4v) is 2.25. The van der Waals surface area contributed by atoms with Crippen molar-refractivity contribution in [3.05, 3.63) is 58.4 Å². The Labute approximate surface area is 117 Å². The highest BCUT2D eigenvalue weighted by atomic mass is 19.1. The van der Waals surface area contributed by atoms with Gasteiger partial charge in [0.25, 0.3) is 5.91 Å². The Bertz CT molecular complexity index is 637. The summed E-state index contributed by atoms with van der Waals surface area (Å²) in [5, 5.41) is 2.82. The normalized spacial score (nSPS) is 10.4. The maximum absolute atomic E-state index is 13.3. The predicted molar refractivity (Wildman–Crippen MR) is 79.4 cm³/mol. The number of carbonyl (C=O) groups is 1. The monoisotopic (exact) mass is 272 g/mol. The first-order valence-corrected chi connectivity index (χ1v) is 6.32. The average molecular weight is 272 g/mol. The molecule has 4 heteroatoms. The summed E-state index contributed by atoms with van der Waals surface area (Å²) in [4.78, 5) is 12.2. The number of aryl methyl sites for hydroxylation is 3. The largest absolute Gasteiger partial charge is 0.399 e. The number of rotatable bonds is 2. The second kappa shape index (κ2) is 5.33. The number of anilines is 2. The lowest BCUT2D eigenvalue weighted by Crippen LogP contribution is -2.14. The molecule has 0 aliphatic carbocycles. The molecule has 0 atom stereocenters. The molecule has 104 valence electrons. The Morgan fingerprint density at radius 2 is 1.65 bits per heavy atom. The lowest BCUT2D eigenvalue weighted by atomic mass is 10.1. The van der Waals surface area contributed by atoms with Gasteiger partial charge in [0.05, 0.1) is 0 Å². The molecule has 0 spiro atoms. The van der Waals surface area contributed by atoms with Crippen LogP contribution in [0.1, 0.15) is 27.0 Å². The highest BCUT2D eigenvalue weighted by Gasteiger charge is 2.11. The van der Waals surface area contributed by atoms with Gasteiger partial charge in [0.15, 0.2) is 0 Å². The molecule has 0 aromatic heterocycles. The maximum atomic E-state index is 13.3. The molecule has 3 N–H and O–H groups in total. The van der Waals surface area contributed by atoms with E-state index in [0.29, 0.717) is 22.5 Å². The van der Waals surface area contributed by atoms with Crippen LogP contribution in [0.25, 0.3) is 0 Å². The van der Waals surface area contributed by atoms with Crippen molar-refractivity contribution >= 4 is 17.3 Å². The van der Waals surface area contributed by atoms with Crippen LogP contribution in [0.5, 0.6) is 0 Å². The lowest BCUT2D eigenvalue weighted by molar-refractivity contribution is 0.102. The van der Waals surface area contributed by atoms with Crippen molar-refractivity contribution < 1.29 is 9.18 Å². The van der Waals surface area contributed by atoms with Gasteiger partial charge in [-0.3, -0.25) is 4.79 Å². The molecule has 0 saturated carbocycles. The molecule has 1 amide bonds. The molecule has 2 aromatic rings. The van der Waals surface area contributed by atoms with Crippen molar-refractivity contribution in [3.8, 4) is 0 Å². The van der Waals surface area contributed by atoms with Gasteiger partial charge in [0.1, 0.15) is 5.82 Å². The summed E-state index contributed by atoms with van der Waals surface area (Å²) in [5.41, 5.74) is 9.88. The lowest BCUT2D eigenvalue weighted by Gasteiger charge is -2.13. The smallest absolute Gasteiger partial charge is 0.255 e. The molecule has 3 nitrogen and oxygen atoms in total. The van der Waals surface area contributed by atoms with Crippen LogP contribution in [0.3, 0.4) is 0 Å². The van der Waals surface area contributed by atoms with Crippen LogP contribution < -0.4 is 11.1 Å². The second-order valence-electron chi connectivity index (χ2n) is 5.00. The zero-order chi connectivity index (χ0) is 14.9. The third-order valence-electron chi connectivity index (χ3n) is 3.10. The molecule has 0 fully saturated rings. The third-order valence-corrected chi connectivity index (χ3v) is 3.10. The van der Waals surface area contributed by atoms with Crippen LogP contribution in [0.2, 0.25) is 0 Å². The Kier molecular flexibility index (Phi) is 3.74. The quantitative estimate of drug-likeness (QED) is 0.821. The molecule has 2 aromatic carbocycles. The van der Waals surface area contributed by atoms with E-state index in [4.69, 9.17) is 5.73 Å². The van der Waals surface area contributed by atoms with Gasteiger partial charge < -0.3 is 11.1 Å². The predicted octanol–water partition coefficient (Wildman–Crippen LogP) is 3.59. The number of benzene rings is 2. The van der Waals surface area contributed by atoms with Crippen LogP contribution in [-0.4, -0.2) is 5.91 Å². The van der Waals surface area contributed by atoms with E-state index >= 15 is 0 Å². The van der Waals surface area contributed by atoms with Crippen molar-refractivity contribution in [3.63, 3.8) is 0 Å². The summed E-state index contributed by atoms with van der Waals surface area (Å²) in [6, 6.07) is 7.85. The van der Waals surface area contributed by atoms with E-state index in [0.717, 1.165) is 11.1 Å². The van der Waals surface area contributed by atoms with Gasteiger partial charge in [-0.25, -0.2) is 4.39 Å². The summed E-state index contributed by atoms with van der Waals surface area (Å²) in [5.74, 6) is -0.746. The maximum Gasteiger partial charge on any atom is 0.255 e. The van der Waals surface area contributed by atoms with Crippen molar-refractivity contribution in [2.75, 3.05) is 11.1 Å². The molecule has 0 bridgehead atoms. The van der Waals surface area contributed by atoms with Gasteiger partial charge in [-0.2, -0.15) is 0 Å². The molecule has 0 radical (unpaired) electrons. The molecule has 2 rings (SSSR count). The van der Waals surface area contributed by atoms with Gasteiger partial charge in [-0.05, 0) is 67.8 Å². The van der Waals surface area contributed by atoms with Crippen LogP contribution >= 0.6 is 0 Å². The minimum absolute atomic E-state index is 0.304. The van der Waals surface area contributed by atoms with Gasteiger partial charge in [0, 0.05) is 16.9 Å². The zero-order valence-corrected chi connectivity index (χ0v) is 11.8. The summed E-state index contributed by atoms with van der Waals surface area (Å²) in [6.07, 6.45) is 0. The first kappa shape index (κ1) is 14.1. The SMILES string of the molecule is Cc1cc(F)cc(C(=O)Nc2c(C)cc(N)cc2C)c1. The number of carbonyl (C=O) groups excluding carboxylic acids is 1. The van der Waals surface area contributed by atoms with Crippen LogP contribution in [0.15, 0.2) is 30.3 Å². The molecular weight excluding hydrogens is 255 g/mol. The summed E-state index contributed by atoms with van der Waals surface area (Å²) in [6.45, 7) is 5.49.